The van der Waals surface area contributed by atoms with Gasteiger partial charge in [0.1, 0.15) is 5.75 Å². The minimum atomic E-state index is -0.157. The summed E-state index contributed by atoms with van der Waals surface area (Å²) in [7, 11) is 0. The molecule has 4 heteroatoms. The number of ether oxygens (including phenoxy) is 1. The Morgan fingerprint density at radius 2 is 2.27 bits per heavy atom. The molecule has 1 atom stereocenters. The molecule has 0 amide bonds. The van der Waals surface area contributed by atoms with E-state index in [4.69, 9.17) is 15.6 Å². The zero-order chi connectivity index (χ0) is 9.97. The number of hydrogen-bond acceptors (Lipinski definition) is 3. The van der Waals surface area contributed by atoms with Crippen molar-refractivity contribution in [2.75, 3.05) is 13.2 Å². The van der Waals surface area contributed by atoms with Crippen LogP contribution in [0.2, 0.25) is 0 Å². The van der Waals surface area contributed by atoms with E-state index in [1.165, 1.54) is 11.1 Å². The minimum absolute atomic E-state index is 0. The van der Waals surface area contributed by atoms with E-state index < -0.39 is 0 Å². The standard InChI is InChI=1S/C11H15NO2.ClH/c12-10(7-13)6-8-1-2-11-9(5-8)3-4-14-11;/h1-2,5,10,13H,3-4,6-7,12H2;1H. The molecule has 0 spiro atoms. The van der Waals surface area contributed by atoms with Gasteiger partial charge in [0.05, 0.1) is 13.2 Å². The van der Waals surface area contributed by atoms with Crippen molar-refractivity contribution in [1.82, 2.24) is 0 Å². The van der Waals surface area contributed by atoms with Crippen LogP contribution in [0.4, 0.5) is 0 Å². The molecule has 0 saturated heterocycles. The van der Waals surface area contributed by atoms with Gasteiger partial charge in [-0.1, -0.05) is 12.1 Å². The largest absolute Gasteiger partial charge is 0.493 e. The van der Waals surface area contributed by atoms with Crippen LogP contribution in [0.15, 0.2) is 18.2 Å². The van der Waals surface area contributed by atoms with Crippen LogP contribution in [-0.4, -0.2) is 24.4 Å². The number of benzene rings is 1. The summed E-state index contributed by atoms with van der Waals surface area (Å²) in [5.74, 6) is 0.992. The monoisotopic (exact) mass is 229 g/mol. The zero-order valence-corrected chi connectivity index (χ0v) is 9.30. The summed E-state index contributed by atoms with van der Waals surface area (Å²) in [5.41, 5.74) is 8.10. The number of hydrogen-bond donors (Lipinski definition) is 2. The molecule has 0 bridgehead atoms. The topological polar surface area (TPSA) is 55.5 Å². The van der Waals surface area contributed by atoms with Gasteiger partial charge in [-0.2, -0.15) is 0 Å². The summed E-state index contributed by atoms with van der Waals surface area (Å²) in [6.45, 7) is 0.818. The highest BCUT2D eigenvalue weighted by Gasteiger charge is 2.12. The Labute approximate surface area is 95.7 Å². The van der Waals surface area contributed by atoms with Gasteiger partial charge in [0, 0.05) is 12.5 Å². The van der Waals surface area contributed by atoms with Crippen LogP contribution in [0.25, 0.3) is 0 Å². The molecule has 0 aromatic heterocycles. The highest BCUT2D eigenvalue weighted by molar-refractivity contribution is 5.85. The van der Waals surface area contributed by atoms with Gasteiger partial charge in [-0.15, -0.1) is 12.4 Å². The smallest absolute Gasteiger partial charge is 0.122 e. The van der Waals surface area contributed by atoms with E-state index in [0.717, 1.165) is 25.2 Å². The van der Waals surface area contributed by atoms with E-state index in [9.17, 15) is 0 Å². The normalized spacial score (nSPS) is 15.1. The third-order valence-electron chi connectivity index (χ3n) is 2.49. The second-order valence-electron chi connectivity index (χ2n) is 3.69. The van der Waals surface area contributed by atoms with Crippen LogP contribution in [-0.2, 0) is 12.8 Å². The SMILES string of the molecule is Cl.NC(CO)Cc1ccc2c(c1)CCO2. The third kappa shape index (κ3) is 2.84. The van der Waals surface area contributed by atoms with E-state index in [0.29, 0.717) is 0 Å². The van der Waals surface area contributed by atoms with Gasteiger partial charge >= 0.3 is 0 Å². The summed E-state index contributed by atoms with van der Waals surface area (Å²) in [6, 6.07) is 5.97. The molecule has 84 valence electrons. The summed E-state index contributed by atoms with van der Waals surface area (Å²) >= 11 is 0. The fourth-order valence-electron chi connectivity index (χ4n) is 1.73. The second-order valence-corrected chi connectivity index (χ2v) is 3.69. The average Bonchev–Trinajstić information content (AvgIpc) is 2.64. The lowest BCUT2D eigenvalue weighted by molar-refractivity contribution is 0.265. The Hall–Kier alpha value is -0.770. The molecule has 1 unspecified atom stereocenters. The van der Waals surface area contributed by atoms with Crippen molar-refractivity contribution >= 4 is 12.4 Å². The molecule has 1 aliphatic heterocycles. The molecule has 1 aromatic rings. The van der Waals surface area contributed by atoms with Gasteiger partial charge in [0.15, 0.2) is 0 Å². The zero-order valence-electron chi connectivity index (χ0n) is 8.48. The lowest BCUT2D eigenvalue weighted by atomic mass is 10.0. The Bertz CT molecular complexity index is 330. The molecule has 1 aromatic carbocycles. The van der Waals surface area contributed by atoms with E-state index in [1.807, 2.05) is 12.1 Å². The molecule has 15 heavy (non-hydrogen) atoms. The quantitative estimate of drug-likeness (QED) is 0.810. The van der Waals surface area contributed by atoms with Crippen molar-refractivity contribution in [3.63, 3.8) is 0 Å². The maximum Gasteiger partial charge on any atom is 0.122 e. The second kappa shape index (κ2) is 5.35. The first-order valence-electron chi connectivity index (χ1n) is 4.90. The Balaban J connectivity index is 0.00000112. The Kier molecular flexibility index (Phi) is 4.39. The van der Waals surface area contributed by atoms with Gasteiger partial charge in [-0.25, -0.2) is 0 Å². The number of aliphatic hydroxyl groups excluding tert-OH is 1. The molecule has 0 radical (unpaired) electrons. The number of fused-ring (bicyclic) bond motifs is 1. The van der Waals surface area contributed by atoms with E-state index in [2.05, 4.69) is 6.07 Å². The molecular weight excluding hydrogens is 214 g/mol. The highest BCUT2D eigenvalue weighted by atomic mass is 35.5. The van der Waals surface area contributed by atoms with Gasteiger partial charge in [-0.3, -0.25) is 0 Å². The lowest BCUT2D eigenvalue weighted by Crippen LogP contribution is -2.26. The average molecular weight is 230 g/mol. The van der Waals surface area contributed by atoms with Crippen molar-refractivity contribution < 1.29 is 9.84 Å². The van der Waals surface area contributed by atoms with Crippen LogP contribution in [0.5, 0.6) is 5.75 Å². The highest BCUT2D eigenvalue weighted by Crippen LogP contribution is 2.26. The van der Waals surface area contributed by atoms with Gasteiger partial charge in [0.2, 0.25) is 0 Å². The molecule has 1 aliphatic rings. The van der Waals surface area contributed by atoms with E-state index >= 15 is 0 Å². The van der Waals surface area contributed by atoms with E-state index in [-0.39, 0.29) is 25.1 Å². The predicted molar refractivity (Wildman–Crippen MR) is 61.7 cm³/mol. The Morgan fingerprint density at radius 3 is 3.00 bits per heavy atom. The van der Waals surface area contributed by atoms with Crippen molar-refractivity contribution in [2.45, 2.75) is 18.9 Å². The molecule has 2 rings (SSSR count). The number of rotatable bonds is 3. The maximum absolute atomic E-state index is 8.84. The summed E-state index contributed by atoms with van der Waals surface area (Å²) < 4.78 is 5.40. The molecule has 1 heterocycles. The molecule has 3 nitrogen and oxygen atoms in total. The molecular formula is C11H16ClNO2. The minimum Gasteiger partial charge on any atom is -0.493 e. The molecule has 3 N–H and O–H groups in total. The van der Waals surface area contributed by atoms with E-state index in [1.54, 1.807) is 0 Å². The van der Waals surface area contributed by atoms with Crippen LogP contribution in [0.3, 0.4) is 0 Å². The van der Waals surface area contributed by atoms with Crippen LogP contribution in [0, 0.1) is 0 Å². The molecule has 0 fully saturated rings. The number of aliphatic hydroxyl groups is 1. The van der Waals surface area contributed by atoms with Crippen molar-refractivity contribution in [1.29, 1.82) is 0 Å². The maximum atomic E-state index is 8.84. The fourth-order valence-corrected chi connectivity index (χ4v) is 1.73. The summed E-state index contributed by atoms with van der Waals surface area (Å²) in [4.78, 5) is 0. The lowest BCUT2D eigenvalue weighted by Gasteiger charge is -2.08. The summed E-state index contributed by atoms with van der Waals surface area (Å²) in [5, 5.41) is 8.84. The fraction of sp³-hybridized carbons (Fsp3) is 0.455. The van der Waals surface area contributed by atoms with Crippen molar-refractivity contribution in [3.05, 3.63) is 29.3 Å². The van der Waals surface area contributed by atoms with Gasteiger partial charge < -0.3 is 15.6 Å². The van der Waals surface area contributed by atoms with Crippen LogP contribution in [0.1, 0.15) is 11.1 Å². The number of nitrogens with two attached hydrogens (primary N) is 1. The first-order valence-corrected chi connectivity index (χ1v) is 4.90. The number of halogens is 1. The molecule has 0 aliphatic carbocycles. The van der Waals surface area contributed by atoms with Crippen molar-refractivity contribution in [2.24, 2.45) is 5.73 Å². The summed E-state index contributed by atoms with van der Waals surface area (Å²) in [6.07, 6.45) is 1.71. The van der Waals surface area contributed by atoms with Crippen LogP contribution < -0.4 is 10.5 Å². The first-order chi connectivity index (χ1) is 6.79. The Morgan fingerprint density at radius 1 is 1.47 bits per heavy atom. The first kappa shape index (κ1) is 12.3. The van der Waals surface area contributed by atoms with Crippen LogP contribution >= 0.6 is 12.4 Å². The molecule has 0 saturated carbocycles. The van der Waals surface area contributed by atoms with Crippen molar-refractivity contribution in [3.8, 4) is 5.75 Å². The van der Waals surface area contributed by atoms with Gasteiger partial charge in [-0.05, 0) is 23.6 Å². The third-order valence-corrected chi connectivity index (χ3v) is 2.49. The predicted octanol–water partition coefficient (Wildman–Crippen LogP) is 0.905. The van der Waals surface area contributed by atoms with Gasteiger partial charge in [0.25, 0.3) is 0 Å².